The van der Waals surface area contributed by atoms with Crippen LogP contribution in [0.25, 0.3) is 0 Å². The summed E-state index contributed by atoms with van der Waals surface area (Å²) in [5.41, 5.74) is 0.210. The van der Waals surface area contributed by atoms with Gasteiger partial charge < -0.3 is 10.1 Å². The van der Waals surface area contributed by atoms with Crippen molar-refractivity contribution in [3.63, 3.8) is 0 Å². The minimum absolute atomic E-state index is 0.0783. The molecule has 28 heavy (non-hydrogen) atoms. The van der Waals surface area contributed by atoms with E-state index in [0.717, 1.165) is 0 Å². The van der Waals surface area contributed by atoms with Gasteiger partial charge >= 0.3 is 0 Å². The van der Waals surface area contributed by atoms with E-state index in [4.69, 9.17) is 27.9 Å². The van der Waals surface area contributed by atoms with Crippen molar-refractivity contribution in [1.82, 2.24) is 9.62 Å². The number of carbonyl (C=O) groups excluding carboxylic acids is 1. The standard InChI is InChI=1S/C19H22Cl2N2O4S/c1-3-23(4-2)28(25,26)18-13-14(5-10-17(18)21)19(24)22-11-12-27-16-8-6-15(20)7-9-16/h5-10,13H,3-4,11-12H2,1-2H3,(H,22,24). The van der Waals surface area contributed by atoms with Crippen LogP contribution in [0.4, 0.5) is 0 Å². The van der Waals surface area contributed by atoms with Crippen LogP contribution in [0.2, 0.25) is 10.0 Å². The van der Waals surface area contributed by atoms with E-state index in [1.54, 1.807) is 38.1 Å². The predicted octanol–water partition coefficient (Wildman–Crippen LogP) is 3.83. The van der Waals surface area contributed by atoms with E-state index in [9.17, 15) is 13.2 Å². The van der Waals surface area contributed by atoms with Gasteiger partial charge in [-0.25, -0.2) is 8.42 Å². The zero-order valence-electron chi connectivity index (χ0n) is 15.6. The lowest BCUT2D eigenvalue weighted by Crippen LogP contribution is -2.31. The first-order valence-corrected chi connectivity index (χ1v) is 11.0. The summed E-state index contributed by atoms with van der Waals surface area (Å²) in [6.45, 7) is 4.62. The van der Waals surface area contributed by atoms with Crippen LogP contribution in [0.1, 0.15) is 24.2 Å². The second kappa shape index (κ2) is 10.1. The molecule has 2 aromatic carbocycles. The minimum atomic E-state index is -3.77. The van der Waals surface area contributed by atoms with E-state index in [0.29, 0.717) is 23.9 Å². The topological polar surface area (TPSA) is 75.7 Å². The Balaban J connectivity index is 2.02. The van der Waals surface area contributed by atoms with Crippen molar-refractivity contribution in [3.8, 4) is 5.75 Å². The first-order chi connectivity index (χ1) is 13.3. The molecular weight excluding hydrogens is 423 g/mol. The molecule has 0 aliphatic heterocycles. The fraction of sp³-hybridized carbons (Fsp3) is 0.316. The molecule has 0 aliphatic carbocycles. The highest BCUT2D eigenvalue weighted by Crippen LogP contribution is 2.26. The summed E-state index contributed by atoms with van der Waals surface area (Å²) in [6.07, 6.45) is 0. The first kappa shape index (κ1) is 22.5. The number of carbonyl (C=O) groups is 1. The zero-order chi connectivity index (χ0) is 20.7. The molecule has 2 aromatic rings. The smallest absolute Gasteiger partial charge is 0.251 e. The summed E-state index contributed by atoms with van der Waals surface area (Å²) in [7, 11) is -3.77. The molecular formula is C19H22Cl2N2O4S. The van der Waals surface area contributed by atoms with Crippen molar-refractivity contribution >= 4 is 39.1 Å². The van der Waals surface area contributed by atoms with Crippen molar-refractivity contribution in [3.05, 3.63) is 58.1 Å². The van der Waals surface area contributed by atoms with Gasteiger partial charge in [-0.1, -0.05) is 37.0 Å². The minimum Gasteiger partial charge on any atom is -0.492 e. The van der Waals surface area contributed by atoms with Gasteiger partial charge in [0.1, 0.15) is 17.3 Å². The van der Waals surface area contributed by atoms with Crippen molar-refractivity contribution < 1.29 is 17.9 Å². The van der Waals surface area contributed by atoms with Crippen molar-refractivity contribution in [1.29, 1.82) is 0 Å². The average molecular weight is 445 g/mol. The second-order valence-electron chi connectivity index (χ2n) is 5.79. The van der Waals surface area contributed by atoms with Crippen LogP contribution in [0.15, 0.2) is 47.4 Å². The zero-order valence-corrected chi connectivity index (χ0v) is 17.9. The number of nitrogens with zero attached hydrogens (tertiary/aromatic N) is 1. The molecule has 2 rings (SSSR count). The van der Waals surface area contributed by atoms with E-state index >= 15 is 0 Å². The Hall–Kier alpha value is -1.80. The monoisotopic (exact) mass is 444 g/mol. The largest absolute Gasteiger partial charge is 0.492 e. The lowest BCUT2D eigenvalue weighted by Gasteiger charge is -2.19. The predicted molar refractivity (Wildman–Crippen MR) is 111 cm³/mol. The number of amides is 1. The van der Waals surface area contributed by atoms with Gasteiger partial charge in [-0.3, -0.25) is 4.79 Å². The Morgan fingerprint density at radius 1 is 1.07 bits per heavy atom. The molecule has 0 spiro atoms. The van der Waals surface area contributed by atoms with Crippen LogP contribution in [0.5, 0.6) is 5.75 Å². The summed E-state index contributed by atoms with van der Waals surface area (Å²) in [4.78, 5) is 12.3. The highest BCUT2D eigenvalue weighted by Gasteiger charge is 2.25. The number of nitrogens with one attached hydrogen (secondary N) is 1. The summed E-state index contributed by atoms with van der Waals surface area (Å²) in [5, 5.41) is 3.38. The highest BCUT2D eigenvalue weighted by molar-refractivity contribution is 7.89. The fourth-order valence-electron chi connectivity index (χ4n) is 2.51. The third-order valence-corrected chi connectivity index (χ3v) is 6.77. The molecule has 152 valence electrons. The lowest BCUT2D eigenvalue weighted by atomic mass is 10.2. The van der Waals surface area contributed by atoms with Crippen LogP contribution in [-0.4, -0.2) is 44.9 Å². The quantitative estimate of drug-likeness (QED) is 0.596. The van der Waals surface area contributed by atoms with Crippen LogP contribution < -0.4 is 10.1 Å². The second-order valence-corrected chi connectivity index (χ2v) is 8.54. The van der Waals surface area contributed by atoms with E-state index in [1.807, 2.05) is 0 Å². The van der Waals surface area contributed by atoms with Crippen molar-refractivity contribution in [2.24, 2.45) is 0 Å². The first-order valence-electron chi connectivity index (χ1n) is 8.75. The molecule has 0 fully saturated rings. The van der Waals surface area contributed by atoms with Gasteiger partial charge in [0.15, 0.2) is 0 Å². The fourth-order valence-corrected chi connectivity index (χ4v) is 4.60. The Morgan fingerprint density at radius 2 is 1.71 bits per heavy atom. The van der Waals surface area contributed by atoms with Gasteiger partial charge in [-0.2, -0.15) is 4.31 Å². The Morgan fingerprint density at radius 3 is 2.32 bits per heavy atom. The molecule has 0 aliphatic rings. The SMILES string of the molecule is CCN(CC)S(=O)(=O)c1cc(C(=O)NCCOc2ccc(Cl)cc2)ccc1Cl. The van der Waals surface area contributed by atoms with Crippen LogP contribution in [0, 0.1) is 0 Å². The number of rotatable bonds is 9. The summed E-state index contributed by atoms with van der Waals surface area (Å²) in [6, 6.07) is 11.1. The molecule has 0 heterocycles. The highest BCUT2D eigenvalue weighted by atomic mass is 35.5. The maximum atomic E-state index is 12.7. The average Bonchev–Trinajstić information content (AvgIpc) is 2.67. The van der Waals surface area contributed by atoms with Gasteiger partial charge in [0.05, 0.1) is 11.6 Å². The molecule has 0 radical (unpaired) electrons. The van der Waals surface area contributed by atoms with E-state index in [-0.39, 0.29) is 28.6 Å². The van der Waals surface area contributed by atoms with Crippen molar-refractivity contribution in [2.75, 3.05) is 26.2 Å². The molecule has 0 bridgehead atoms. The number of benzene rings is 2. The molecule has 6 nitrogen and oxygen atoms in total. The van der Waals surface area contributed by atoms with Gasteiger partial charge in [-0.05, 0) is 42.5 Å². The summed E-state index contributed by atoms with van der Waals surface area (Å²) in [5.74, 6) is 0.227. The number of hydrogen-bond acceptors (Lipinski definition) is 4. The maximum Gasteiger partial charge on any atom is 0.251 e. The van der Waals surface area contributed by atoms with E-state index in [1.165, 1.54) is 22.5 Å². The van der Waals surface area contributed by atoms with E-state index < -0.39 is 15.9 Å². The molecule has 0 saturated heterocycles. The number of halogens is 2. The molecule has 1 N–H and O–H groups in total. The molecule has 0 saturated carbocycles. The van der Waals surface area contributed by atoms with E-state index in [2.05, 4.69) is 5.32 Å². The number of ether oxygens (including phenoxy) is 1. The summed E-state index contributed by atoms with van der Waals surface area (Å²) >= 11 is 11.9. The molecule has 9 heteroatoms. The Bertz CT molecular complexity index is 914. The van der Waals surface area contributed by atoms with Crippen LogP contribution in [-0.2, 0) is 10.0 Å². The van der Waals surface area contributed by atoms with Gasteiger partial charge in [0, 0.05) is 23.7 Å². The lowest BCUT2D eigenvalue weighted by molar-refractivity contribution is 0.0947. The molecule has 1 amide bonds. The molecule has 0 aromatic heterocycles. The van der Waals surface area contributed by atoms with Gasteiger partial charge in [-0.15, -0.1) is 0 Å². The van der Waals surface area contributed by atoms with Crippen LogP contribution >= 0.6 is 23.2 Å². The molecule has 0 atom stereocenters. The van der Waals surface area contributed by atoms with Crippen LogP contribution in [0.3, 0.4) is 0 Å². The third-order valence-electron chi connectivity index (χ3n) is 3.99. The van der Waals surface area contributed by atoms with Gasteiger partial charge in [0.25, 0.3) is 5.91 Å². The number of sulfonamides is 1. The normalized spacial score (nSPS) is 11.5. The maximum absolute atomic E-state index is 12.7. The van der Waals surface area contributed by atoms with Gasteiger partial charge in [0.2, 0.25) is 10.0 Å². The Labute approximate surface area is 175 Å². The molecule has 0 unspecified atom stereocenters. The van der Waals surface area contributed by atoms with Crippen molar-refractivity contribution in [2.45, 2.75) is 18.7 Å². The number of hydrogen-bond donors (Lipinski definition) is 1. The Kier molecular flexibility index (Phi) is 8.12. The third kappa shape index (κ3) is 5.61. The summed E-state index contributed by atoms with van der Waals surface area (Å²) < 4.78 is 32.2.